The Morgan fingerprint density at radius 2 is 2.00 bits per heavy atom. The highest BCUT2D eigenvalue weighted by atomic mass is 15.0. The van der Waals surface area contributed by atoms with Crippen LogP contribution in [-0.4, -0.2) is 4.98 Å². The van der Waals surface area contributed by atoms with Gasteiger partial charge in [-0.15, -0.1) is 0 Å². The summed E-state index contributed by atoms with van der Waals surface area (Å²) < 4.78 is 0. The number of fused-ring (bicyclic) bond motifs is 1. The van der Waals surface area contributed by atoms with E-state index in [2.05, 4.69) is 34.6 Å². The molecule has 0 bridgehead atoms. The summed E-state index contributed by atoms with van der Waals surface area (Å²) in [6, 6.07) is 12.1. The molecule has 0 unspecified atom stereocenters. The quantitative estimate of drug-likeness (QED) is 0.885. The SMILES string of the molecule is N#Cc1cccnc1Nc1cccc2c1CCCC2. The second kappa shape index (κ2) is 5.11. The first kappa shape index (κ1) is 11.7. The third-order valence-corrected chi connectivity index (χ3v) is 3.58. The Morgan fingerprint density at radius 1 is 1.11 bits per heavy atom. The number of hydrogen-bond acceptors (Lipinski definition) is 3. The Hall–Kier alpha value is -2.34. The van der Waals surface area contributed by atoms with E-state index < -0.39 is 0 Å². The van der Waals surface area contributed by atoms with E-state index in [4.69, 9.17) is 5.26 Å². The van der Waals surface area contributed by atoms with Gasteiger partial charge in [0.25, 0.3) is 0 Å². The van der Waals surface area contributed by atoms with Gasteiger partial charge in [0.05, 0.1) is 5.56 Å². The van der Waals surface area contributed by atoms with Crippen molar-refractivity contribution in [1.29, 1.82) is 5.26 Å². The number of hydrogen-bond donors (Lipinski definition) is 1. The van der Waals surface area contributed by atoms with Crippen molar-refractivity contribution in [2.24, 2.45) is 0 Å². The molecule has 1 aliphatic carbocycles. The molecule has 1 aliphatic rings. The molecule has 19 heavy (non-hydrogen) atoms. The molecule has 3 nitrogen and oxygen atoms in total. The fourth-order valence-electron chi connectivity index (χ4n) is 2.62. The number of aryl methyl sites for hydroxylation is 1. The molecule has 0 fully saturated rings. The van der Waals surface area contributed by atoms with Gasteiger partial charge < -0.3 is 5.32 Å². The monoisotopic (exact) mass is 249 g/mol. The van der Waals surface area contributed by atoms with Crippen LogP contribution < -0.4 is 5.32 Å². The lowest BCUT2D eigenvalue weighted by Crippen LogP contribution is -2.07. The van der Waals surface area contributed by atoms with Crippen molar-refractivity contribution in [3.05, 3.63) is 53.2 Å². The van der Waals surface area contributed by atoms with Crippen LogP contribution in [0.4, 0.5) is 11.5 Å². The van der Waals surface area contributed by atoms with Gasteiger partial charge in [0.2, 0.25) is 0 Å². The molecular formula is C16H15N3. The number of nitriles is 1. The minimum absolute atomic E-state index is 0.580. The molecule has 0 amide bonds. The number of nitrogens with one attached hydrogen (secondary N) is 1. The van der Waals surface area contributed by atoms with E-state index in [-0.39, 0.29) is 0 Å². The minimum Gasteiger partial charge on any atom is -0.339 e. The molecule has 1 heterocycles. The number of aromatic nitrogens is 1. The Morgan fingerprint density at radius 3 is 2.89 bits per heavy atom. The lowest BCUT2D eigenvalue weighted by molar-refractivity contribution is 0.687. The van der Waals surface area contributed by atoms with Crippen LogP contribution in [0.1, 0.15) is 29.5 Å². The third-order valence-electron chi connectivity index (χ3n) is 3.58. The van der Waals surface area contributed by atoms with Gasteiger partial charge >= 0.3 is 0 Å². The summed E-state index contributed by atoms with van der Waals surface area (Å²) in [5, 5.41) is 12.4. The van der Waals surface area contributed by atoms with Crippen molar-refractivity contribution in [2.75, 3.05) is 5.32 Å². The maximum Gasteiger partial charge on any atom is 0.148 e. The van der Waals surface area contributed by atoms with Gasteiger partial charge in [-0.1, -0.05) is 12.1 Å². The molecule has 1 aromatic heterocycles. The lowest BCUT2D eigenvalue weighted by atomic mass is 9.90. The van der Waals surface area contributed by atoms with Crippen LogP contribution >= 0.6 is 0 Å². The number of rotatable bonds is 2. The molecule has 3 heteroatoms. The first-order valence-corrected chi connectivity index (χ1v) is 6.61. The van der Waals surface area contributed by atoms with Crippen LogP contribution in [0.3, 0.4) is 0 Å². The standard InChI is InChI=1S/C16H15N3/c17-11-13-7-4-10-18-16(13)19-15-9-3-6-12-5-1-2-8-14(12)15/h3-4,6-7,9-10H,1-2,5,8H2,(H,18,19). The van der Waals surface area contributed by atoms with E-state index in [9.17, 15) is 0 Å². The van der Waals surface area contributed by atoms with Crippen molar-refractivity contribution >= 4 is 11.5 Å². The van der Waals surface area contributed by atoms with Gasteiger partial charge in [0, 0.05) is 11.9 Å². The molecule has 2 aromatic rings. The average Bonchev–Trinajstić information content (AvgIpc) is 2.48. The molecule has 0 saturated carbocycles. The summed E-state index contributed by atoms with van der Waals surface area (Å²) in [6.45, 7) is 0. The van der Waals surface area contributed by atoms with Gasteiger partial charge in [0.15, 0.2) is 0 Å². The first-order valence-electron chi connectivity index (χ1n) is 6.61. The Balaban J connectivity index is 1.98. The predicted octanol–water partition coefficient (Wildman–Crippen LogP) is 3.58. The van der Waals surface area contributed by atoms with Crippen molar-refractivity contribution in [3.63, 3.8) is 0 Å². The fourth-order valence-corrected chi connectivity index (χ4v) is 2.62. The minimum atomic E-state index is 0.580. The Bertz CT molecular complexity index is 641. The van der Waals surface area contributed by atoms with E-state index in [1.54, 1.807) is 18.3 Å². The number of anilines is 2. The van der Waals surface area contributed by atoms with Gasteiger partial charge in [-0.2, -0.15) is 5.26 Å². The topological polar surface area (TPSA) is 48.7 Å². The van der Waals surface area contributed by atoms with Gasteiger partial charge in [-0.25, -0.2) is 4.98 Å². The largest absolute Gasteiger partial charge is 0.339 e. The average molecular weight is 249 g/mol. The molecule has 0 spiro atoms. The maximum absolute atomic E-state index is 9.10. The van der Waals surface area contributed by atoms with E-state index in [0.29, 0.717) is 11.4 Å². The van der Waals surface area contributed by atoms with Crippen LogP contribution in [0.15, 0.2) is 36.5 Å². The maximum atomic E-state index is 9.10. The van der Waals surface area contributed by atoms with Gasteiger partial charge in [0.1, 0.15) is 11.9 Å². The van der Waals surface area contributed by atoms with Crippen molar-refractivity contribution in [2.45, 2.75) is 25.7 Å². The highest BCUT2D eigenvalue weighted by molar-refractivity contribution is 5.66. The molecule has 0 atom stereocenters. The second-order valence-corrected chi connectivity index (χ2v) is 4.79. The molecular weight excluding hydrogens is 234 g/mol. The van der Waals surface area contributed by atoms with Crippen molar-refractivity contribution < 1.29 is 0 Å². The van der Waals surface area contributed by atoms with Crippen LogP contribution in [-0.2, 0) is 12.8 Å². The fraction of sp³-hybridized carbons (Fsp3) is 0.250. The molecule has 94 valence electrons. The predicted molar refractivity (Wildman–Crippen MR) is 75.3 cm³/mol. The zero-order chi connectivity index (χ0) is 13.1. The van der Waals surface area contributed by atoms with Crippen LogP contribution in [0, 0.1) is 11.3 Å². The summed E-state index contributed by atoms with van der Waals surface area (Å²) in [4.78, 5) is 4.26. The number of pyridine rings is 1. The van der Waals surface area contributed by atoms with Gasteiger partial charge in [-0.05, 0) is 55.0 Å². The smallest absolute Gasteiger partial charge is 0.148 e. The molecule has 0 aliphatic heterocycles. The van der Waals surface area contributed by atoms with Crippen molar-refractivity contribution in [1.82, 2.24) is 4.98 Å². The Kier molecular flexibility index (Phi) is 3.16. The molecule has 1 aromatic carbocycles. The summed E-state index contributed by atoms with van der Waals surface area (Å²) in [5.41, 5.74) is 4.47. The number of nitrogens with zero attached hydrogens (tertiary/aromatic N) is 2. The van der Waals surface area contributed by atoms with Crippen LogP contribution in [0.2, 0.25) is 0 Å². The molecule has 1 N–H and O–H groups in total. The summed E-state index contributed by atoms with van der Waals surface area (Å²) >= 11 is 0. The summed E-state index contributed by atoms with van der Waals surface area (Å²) in [5.74, 6) is 0.643. The first-order chi connectivity index (χ1) is 9.38. The van der Waals surface area contributed by atoms with E-state index in [1.807, 2.05) is 0 Å². The van der Waals surface area contributed by atoms with Crippen LogP contribution in [0.25, 0.3) is 0 Å². The van der Waals surface area contributed by atoms with Crippen LogP contribution in [0.5, 0.6) is 0 Å². The highest BCUT2D eigenvalue weighted by Gasteiger charge is 2.13. The number of benzene rings is 1. The van der Waals surface area contributed by atoms with E-state index >= 15 is 0 Å². The summed E-state index contributed by atoms with van der Waals surface area (Å²) in [6.07, 6.45) is 6.46. The van der Waals surface area contributed by atoms with E-state index in [1.165, 1.54) is 24.0 Å². The zero-order valence-electron chi connectivity index (χ0n) is 10.7. The second-order valence-electron chi connectivity index (χ2n) is 4.79. The van der Waals surface area contributed by atoms with Crippen molar-refractivity contribution in [3.8, 4) is 6.07 Å². The summed E-state index contributed by atoms with van der Waals surface area (Å²) in [7, 11) is 0. The zero-order valence-corrected chi connectivity index (χ0v) is 10.7. The Labute approximate surface area is 112 Å². The van der Waals surface area contributed by atoms with E-state index in [0.717, 1.165) is 18.5 Å². The van der Waals surface area contributed by atoms with Gasteiger partial charge in [-0.3, -0.25) is 0 Å². The molecule has 0 radical (unpaired) electrons. The lowest BCUT2D eigenvalue weighted by Gasteiger charge is -2.20. The third kappa shape index (κ3) is 2.30. The highest BCUT2D eigenvalue weighted by Crippen LogP contribution is 2.30. The molecule has 0 saturated heterocycles. The normalized spacial score (nSPS) is 13.4. The molecule has 3 rings (SSSR count).